The van der Waals surface area contributed by atoms with Gasteiger partial charge in [-0.1, -0.05) is 6.07 Å². The number of nitrogens with one attached hydrogen (secondary N) is 1. The number of fused-ring (bicyclic) bond motifs is 2. The van der Waals surface area contributed by atoms with Gasteiger partial charge in [-0.25, -0.2) is 4.98 Å². The Bertz CT molecular complexity index is 1150. The SMILES string of the molecule is Cc1cc(C)cc(Nc2c(-c3ccc4c(c3)OCO4)nc3cnccn23)c1. The molecule has 6 nitrogen and oxygen atoms in total. The van der Waals surface area contributed by atoms with Crippen molar-refractivity contribution in [3.8, 4) is 22.8 Å². The van der Waals surface area contributed by atoms with Crippen LogP contribution >= 0.6 is 0 Å². The normalized spacial score (nSPS) is 12.5. The summed E-state index contributed by atoms with van der Waals surface area (Å²) < 4.78 is 13.0. The van der Waals surface area contributed by atoms with Crippen LogP contribution in [-0.4, -0.2) is 21.2 Å². The molecule has 0 bridgehead atoms. The van der Waals surface area contributed by atoms with E-state index in [9.17, 15) is 0 Å². The van der Waals surface area contributed by atoms with Crippen molar-refractivity contribution in [1.29, 1.82) is 0 Å². The summed E-state index contributed by atoms with van der Waals surface area (Å²) in [7, 11) is 0. The lowest BCUT2D eigenvalue weighted by Crippen LogP contribution is -1.98. The number of aryl methyl sites for hydroxylation is 2. The molecule has 1 N–H and O–H groups in total. The molecule has 0 saturated heterocycles. The quantitative estimate of drug-likeness (QED) is 0.585. The number of hydrogen-bond acceptors (Lipinski definition) is 5. The summed E-state index contributed by atoms with van der Waals surface area (Å²) in [6.07, 6.45) is 5.41. The van der Waals surface area contributed by atoms with Gasteiger partial charge >= 0.3 is 0 Å². The summed E-state index contributed by atoms with van der Waals surface area (Å²) >= 11 is 0. The van der Waals surface area contributed by atoms with Crippen LogP contribution in [0.2, 0.25) is 0 Å². The molecule has 2 aromatic carbocycles. The van der Waals surface area contributed by atoms with Crippen LogP contribution in [0.15, 0.2) is 55.0 Å². The van der Waals surface area contributed by atoms with Gasteiger partial charge in [-0.2, -0.15) is 0 Å². The molecule has 0 unspecified atom stereocenters. The number of ether oxygens (including phenoxy) is 2. The van der Waals surface area contributed by atoms with E-state index < -0.39 is 0 Å². The highest BCUT2D eigenvalue weighted by Gasteiger charge is 2.19. The Labute approximate surface area is 156 Å². The van der Waals surface area contributed by atoms with E-state index in [1.165, 1.54) is 11.1 Å². The molecule has 3 heterocycles. The summed E-state index contributed by atoms with van der Waals surface area (Å²) in [5.41, 5.74) is 6.00. The van der Waals surface area contributed by atoms with Crippen molar-refractivity contribution in [1.82, 2.24) is 14.4 Å². The lowest BCUT2D eigenvalue weighted by atomic mass is 10.1. The van der Waals surface area contributed by atoms with E-state index in [2.05, 4.69) is 42.3 Å². The Morgan fingerprint density at radius 1 is 1.00 bits per heavy atom. The van der Waals surface area contributed by atoms with Crippen LogP contribution in [0.5, 0.6) is 11.5 Å². The second-order valence-corrected chi connectivity index (χ2v) is 6.68. The van der Waals surface area contributed by atoms with Gasteiger partial charge in [0.25, 0.3) is 0 Å². The fourth-order valence-electron chi connectivity index (χ4n) is 3.45. The summed E-state index contributed by atoms with van der Waals surface area (Å²) in [4.78, 5) is 8.99. The Morgan fingerprint density at radius 2 is 1.81 bits per heavy atom. The number of aromatic nitrogens is 3. The van der Waals surface area contributed by atoms with E-state index in [1.807, 2.05) is 28.8 Å². The van der Waals surface area contributed by atoms with Crippen molar-refractivity contribution >= 4 is 17.2 Å². The van der Waals surface area contributed by atoms with Crippen molar-refractivity contribution in [3.05, 3.63) is 66.1 Å². The minimum Gasteiger partial charge on any atom is -0.454 e. The molecule has 5 rings (SSSR count). The molecule has 2 aromatic heterocycles. The van der Waals surface area contributed by atoms with E-state index in [1.54, 1.807) is 12.4 Å². The van der Waals surface area contributed by atoms with Crippen LogP contribution in [0.4, 0.5) is 11.5 Å². The number of hydrogen-bond donors (Lipinski definition) is 1. The monoisotopic (exact) mass is 358 g/mol. The second-order valence-electron chi connectivity index (χ2n) is 6.68. The third-order valence-corrected chi connectivity index (χ3v) is 4.56. The fourth-order valence-corrected chi connectivity index (χ4v) is 3.45. The smallest absolute Gasteiger partial charge is 0.231 e. The summed E-state index contributed by atoms with van der Waals surface area (Å²) in [5.74, 6) is 2.38. The fraction of sp³-hybridized carbons (Fsp3) is 0.143. The molecule has 0 aliphatic carbocycles. The largest absolute Gasteiger partial charge is 0.454 e. The van der Waals surface area contributed by atoms with E-state index in [0.29, 0.717) is 0 Å². The zero-order valence-corrected chi connectivity index (χ0v) is 15.1. The van der Waals surface area contributed by atoms with Crippen molar-refractivity contribution < 1.29 is 9.47 Å². The zero-order chi connectivity index (χ0) is 18.4. The summed E-state index contributed by atoms with van der Waals surface area (Å²) in [6.45, 7) is 4.44. The highest BCUT2D eigenvalue weighted by Crippen LogP contribution is 2.38. The first-order chi connectivity index (χ1) is 13.2. The molecule has 134 valence electrons. The maximum absolute atomic E-state index is 5.53. The van der Waals surface area contributed by atoms with Crippen LogP contribution in [0.3, 0.4) is 0 Å². The lowest BCUT2D eigenvalue weighted by molar-refractivity contribution is 0.174. The molecule has 6 heteroatoms. The molecule has 1 aliphatic heterocycles. The molecular weight excluding hydrogens is 340 g/mol. The Balaban J connectivity index is 1.67. The van der Waals surface area contributed by atoms with Crippen LogP contribution in [0, 0.1) is 13.8 Å². The predicted octanol–water partition coefficient (Wildman–Crippen LogP) is 4.49. The van der Waals surface area contributed by atoms with Gasteiger partial charge in [0.2, 0.25) is 6.79 Å². The first-order valence-electron chi connectivity index (χ1n) is 8.75. The first-order valence-corrected chi connectivity index (χ1v) is 8.75. The average Bonchev–Trinajstić information content (AvgIpc) is 3.25. The molecule has 1 aliphatic rings. The van der Waals surface area contributed by atoms with Gasteiger partial charge in [-0.15, -0.1) is 0 Å². The molecule has 0 saturated carbocycles. The summed E-state index contributed by atoms with van der Waals surface area (Å²) in [6, 6.07) is 12.3. The molecule has 0 amide bonds. The van der Waals surface area contributed by atoms with Gasteiger partial charge in [0.05, 0.1) is 6.20 Å². The maximum atomic E-state index is 5.53. The van der Waals surface area contributed by atoms with Crippen molar-refractivity contribution in [2.24, 2.45) is 0 Å². The van der Waals surface area contributed by atoms with Gasteiger partial charge in [0.15, 0.2) is 17.1 Å². The Kier molecular flexibility index (Phi) is 3.50. The number of anilines is 2. The standard InChI is InChI=1S/C21H18N4O2/c1-13-7-14(2)9-16(8-13)23-21-20(24-19-11-22-5-6-25(19)21)15-3-4-17-18(10-15)27-12-26-17/h3-11,23H,12H2,1-2H3. The Hall–Kier alpha value is -3.54. The van der Waals surface area contributed by atoms with Gasteiger partial charge in [-0.05, 0) is 55.3 Å². The highest BCUT2D eigenvalue weighted by atomic mass is 16.7. The number of benzene rings is 2. The van der Waals surface area contributed by atoms with Crippen molar-refractivity contribution in [2.45, 2.75) is 13.8 Å². The van der Waals surface area contributed by atoms with E-state index >= 15 is 0 Å². The molecule has 27 heavy (non-hydrogen) atoms. The van der Waals surface area contributed by atoms with Crippen molar-refractivity contribution in [3.63, 3.8) is 0 Å². The van der Waals surface area contributed by atoms with Crippen molar-refractivity contribution in [2.75, 3.05) is 12.1 Å². The number of imidazole rings is 1. The molecular formula is C21H18N4O2. The van der Waals surface area contributed by atoms with E-state index in [-0.39, 0.29) is 6.79 Å². The van der Waals surface area contributed by atoms with Crippen LogP contribution < -0.4 is 14.8 Å². The van der Waals surface area contributed by atoms with E-state index in [0.717, 1.165) is 39.9 Å². The third-order valence-electron chi connectivity index (χ3n) is 4.56. The molecule has 0 atom stereocenters. The number of rotatable bonds is 3. The minimum absolute atomic E-state index is 0.252. The average molecular weight is 358 g/mol. The zero-order valence-electron chi connectivity index (χ0n) is 15.1. The lowest BCUT2D eigenvalue weighted by Gasteiger charge is -2.11. The highest BCUT2D eigenvalue weighted by molar-refractivity contribution is 5.80. The van der Waals surface area contributed by atoms with Crippen LogP contribution in [-0.2, 0) is 0 Å². The topological polar surface area (TPSA) is 60.7 Å². The van der Waals surface area contributed by atoms with Crippen LogP contribution in [0.1, 0.15) is 11.1 Å². The van der Waals surface area contributed by atoms with Gasteiger partial charge < -0.3 is 14.8 Å². The second kappa shape index (κ2) is 6.02. The first kappa shape index (κ1) is 15.7. The molecule has 0 spiro atoms. The third kappa shape index (κ3) is 2.75. The minimum atomic E-state index is 0.252. The summed E-state index contributed by atoms with van der Waals surface area (Å²) in [5, 5.41) is 3.54. The predicted molar refractivity (Wildman–Crippen MR) is 104 cm³/mol. The van der Waals surface area contributed by atoms with Gasteiger partial charge in [0.1, 0.15) is 11.5 Å². The molecule has 4 aromatic rings. The Morgan fingerprint density at radius 3 is 2.67 bits per heavy atom. The molecule has 0 radical (unpaired) electrons. The van der Waals surface area contributed by atoms with Gasteiger partial charge in [-0.3, -0.25) is 9.38 Å². The van der Waals surface area contributed by atoms with Gasteiger partial charge in [0, 0.05) is 23.6 Å². The molecule has 0 fully saturated rings. The van der Waals surface area contributed by atoms with E-state index in [4.69, 9.17) is 14.5 Å². The van der Waals surface area contributed by atoms with Crippen LogP contribution in [0.25, 0.3) is 16.9 Å². The maximum Gasteiger partial charge on any atom is 0.231 e. The number of nitrogens with zero attached hydrogens (tertiary/aromatic N) is 3.